The number of carbonyl (C=O) groups is 2. The van der Waals surface area contributed by atoms with Crippen LogP contribution in [-0.4, -0.2) is 42.1 Å². The van der Waals surface area contributed by atoms with Crippen molar-refractivity contribution in [3.8, 4) is 0 Å². The van der Waals surface area contributed by atoms with Crippen LogP contribution in [0.2, 0.25) is 5.02 Å². The molecule has 0 aromatic heterocycles. The van der Waals surface area contributed by atoms with E-state index in [4.69, 9.17) is 11.6 Å². The lowest BCUT2D eigenvalue weighted by Gasteiger charge is -2.24. The molecule has 2 fully saturated rings. The normalized spacial score (nSPS) is 23.0. The zero-order chi connectivity index (χ0) is 19.5. The third-order valence-electron chi connectivity index (χ3n) is 5.45. The van der Waals surface area contributed by atoms with Gasteiger partial charge in [0, 0.05) is 47.8 Å². The molecule has 146 valence electrons. The van der Waals surface area contributed by atoms with E-state index < -0.39 is 0 Å². The quantitative estimate of drug-likeness (QED) is 0.747. The minimum atomic E-state index is -0.255. The predicted octanol–water partition coefficient (Wildman–Crippen LogP) is 4.40. The van der Waals surface area contributed by atoms with E-state index in [-0.39, 0.29) is 17.7 Å². The molecule has 4 nitrogen and oxygen atoms in total. The summed E-state index contributed by atoms with van der Waals surface area (Å²) < 4.78 is 0. The molecular weight excluding hydrogens is 392 g/mol. The third kappa shape index (κ3) is 4.06. The minimum Gasteiger partial charge on any atom is -0.342 e. The number of nitrogens with zero attached hydrogens (tertiary/aromatic N) is 2. The monoisotopic (exact) mass is 414 g/mol. The first-order valence-corrected chi connectivity index (χ1v) is 11.1. The van der Waals surface area contributed by atoms with Gasteiger partial charge in [-0.2, -0.15) is 11.8 Å². The number of anilines is 1. The fourth-order valence-electron chi connectivity index (χ4n) is 3.96. The molecule has 2 atom stereocenters. The van der Waals surface area contributed by atoms with Crippen LogP contribution in [0.15, 0.2) is 54.6 Å². The van der Waals surface area contributed by atoms with Gasteiger partial charge in [-0.05, 0) is 30.2 Å². The summed E-state index contributed by atoms with van der Waals surface area (Å²) >= 11 is 8.22. The summed E-state index contributed by atoms with van der Waals surface area (Å²) in [5, 5.41) is 1.09. The lowest BCUT2D eigenvalue weighted by atomic mass is 10.1. The second-order valence-electron chi connectivity index (χ2n) is 7.24. The predicted molar refractivity (Wildman–Crippen MR) is 115 cm³/mol. The molecule has 2 heterocycles. The van der Waals surface area contributed by atoms with Gasteiger partial charge < -0.3 is 9.80 Å². The average Bonchev–Trinajstić information content (AvgIpc) is 2.95. The van der Waals surface area contributed by atoms with Crippen molar-refractivity contribution in [2.45, 2.75) is 18.1 Å². The Balaban J connectivity index is 1.40. The summed E-state index contributed by atoms with van der Waals surface area (Å²) in [6, 6.07) is 17.5. The average molecular weight is 415 g/mol. The van der Waals surface area contributed by atoms with E-state index in [1.807, 2.05) is 65.2 Å². The second-order valence-corrected chi connectivity index (χ2v) is 8.95. The van der Waals surface area contributed by atoms with Gasteiger partial charge in [-0.25, -0.2) is 0 Å². The van der Waals surface area contributed by atoms with Crippen molar-refractivity contribution in [1.29, 1.82) is 0 Å². The van der Waals surface area contributed by atoms with Gasteiger partial charge in [-0.1, -0.05) is 48.0 Å². The van der Waals surface area contributed by atoms with Gasteiger partial charge in [-0.15, -0.1) is 0 Å². The van der Waals surface area contributed by atoms with Crippen molar-refractivity contribution in [3.63, 3.8) is 0 Å². The lowest BCUT2D eigenvalue weighted by molar-refractivity contribution is -0.135. The fourth-order valence-corrected chi connectivity index (χ4v) is 5.56. The Hall–Kier alpha value is -1.98. The molecule has 0 spiro atoms. The Kier molecular flexibility index (Phi) is 5.93. The summed E-state index contributed by atoms with van der Waals surface area (Å²) in [5.41, 5.74) is 2.02. The molecule has 0 saturated carbocycles. The number of benzene rings is 2. The minimum absolute atomic E-state index is 0.0303. The molecular formula is C22H23ClN2O2S. The van der Waals surface area contributed by atoms with E-state index in [9.17, 15) is 9.59 Å². The van der Waals surface area contributed by atoms with Crippen LogP contribution in [0.1, 0.15) is 23.7 Å². The largest absolute Gasteiger partial charge is 0.342 e. The van der Waals surface area contributed by atoms with Crippen LogP contribution >= 0.6 is 23.4 Å². The molecule has 4 rings (SSSR count). The van der Waals surface area contributed by atoms with Crippen LogP contribution in [0, 0.1) is 5.92 Å². The Labute approximate surface area is 174 Å². The molecule has 0 radical (unpaired) electrons. The first-order chi connectivity index (χ1) is 13.6. The van der Waals surface area contributed by atoms with Crippen LogP contribution in [0.5, 0.6) is 0 Å². The molecule has 2 amide bonds. The summed E-state index contributed by atoms with van der Waals surface area (Å²) in [6.45, 7) is 1.90. The molecule has 0 bridgehead atoms. The first-order valence-electron chi connectivity index (χ1n) is 9.63. The van der Waals surface area contributed by atoms with E-state index >= 15 is 0 Å². The van der Waals surface area contributed by atoms with Crippen molar-refractivity contribution in [2.75, 3.05) is 30.3 Å². The molecule has 2 saturated heterocycles. The maximum atomic E-state index is 13.1. The number of hydrogen-bond acceptors (Lipinski definition) is 3. The standard InChI is InChI=1S/C22H23ClN2O2S/c23-19-9-5-4-8-18(19)20-10-11-24(12-13-28-20)22(27)16-14-21(26)25(15-16)17-6-2-1-3-7-17/h1-9,16,20H,10-15H2. The number of amides is 2. The summed E-state index contributed by atoms with van der Waals surface area (Å²) in [5.74, 6) is 0.759. The lowest BCUT2D eigenvalue weighted by Crippen LogP contribution is -2.38. The van der Waals surface area contributed by atoms with Gasteiger partial charge in [0.15, 0.2) is 0 Å². The first kappa shape index (κ1) is 19.3. The number of rotatable bonds is 3. The van der Waals surface area contributed by atoms with E-state index in [1.165, 1.54) is 0 Å². The Morgan fingerprint density at radius 2 is 1.79 bits per heavy atom. The molecule has 0 N–H and O–H groups in total. The number of hydrogen-bond donors (Lipinski definition) is 0. The number of thioether (sulfide) groups is 1. The highest BCUT2D eigenvalue weighted by molar-refractivity contribution is 7.99. The molecule has 2 aromatic carbocycles. The van der Waals surface area contributed by atoms with E-state index in [0.717, 1.165) is 35.0 Å². The maximum absolute atomic E-state index is 13.1. The van der Waals surface area contributed by atoms with Crippen molar-refractivity contribution in [2.24, 2.45) is 5.92 Å². The molecule has 2 aromatic rings. The van der Waals surface area contributed by atoms with Crippen molar-refractivity contribution in [1.82, 2.24) is 4.90 Å². The Morgan fingerprint density at radius 3 is 2.57 bits per heavy atom. The molecule has 6 heteroatoms. The Bertz CT molecular complexity index is 861. The van der Waals surface area contributed by atoms with E-state index in [1.54, 1.807) is 4.90 Å². The summed E-state index contributed by atoms with van der Waals surface area (Å²) in [7, 11) is 0. The number of halogens is 1. The van der Waals surface area contributed by atoms with Gasteiger partial charge in [-0.3, -0.25) is 9.59 Å². The van der Waals surface area contributed by atoms with Gasteiger partial charge >= 0.3 is 0 Å². The molecule has 2 unspecified atom stereocenters. The zero-order valence-corrected chi connectivity index (χ0v) is 17.2. The highest BCUT2D eigenvalue weighted by atomic mass is 35.5. The van der Waals surface area contributed by atoms with Crippen LogP contribution in [0.4, 0.5) is 5.69 Å². The molecule has 28 heavy (non-hydrogen) atoms. The molecule has 2 aliphatic rings. The summed E-state index contributed by atoms with van der Waals surface area (Å²) in [4.78, 5) is 29.2. The second kappa shape index (κ2) is 8.58. The zero-order valence-electron chi connectivity index (χ0n) is 15.6. The highest BCUT2D eigenvalue weighted by Gasteiger charge is 2.37. The Morgan fingerprint density at radius 1 is 1.04 bits per heavy atom. The van der Waals surface area contributed by atoms with Crippen LogP contribution in [0.3, 0.4) is 0 Å². The van der Waals surface area contributed by atoms with Gasteiger partial charge in [0.05, 0.1) is 5.92 Å². The van der Waals surface area contributed by atoms with Crippen LogP contribution in [-0.2, 0) is 9.59 Å². The fraction of sp³-hybridized carbons (Fsp3) is 0.364. The van der Waals surface area contributed by atoms with Gasteiger partial charge in [0.2, 0.25) is 11.8 Å². The highest BCUT2D eigenvalue weighted by Crippen LogP contribution is 2.38. The van der Waals surface area contributed by atoms with Gasteiger partial charge in [0.25, 0.3) is 0 Å². The molecule has 2 aliphatic heterocycles. The smallest absolute Gasteiger partial charge is 0.228 e. The molecule has 0 aliphatic carbocycles. The summed E-state index contributed by atoms with van der Waals surface area (Å²) in [6.07, 6.45) is 1.18. The number of carbonyl (C=O) groups excluding carboxylic acids is 2. The van der Waals surface area contributed by atoms with Crippen molar-refractivity contribution >= 4 is 40.9 Å². The maximum Gasteiger partial charge on any atom is 0.228 e. The third-order valence-corrected chi connectivity index (χ3v) is 7.10. The van der Waals surface area contributed by atoms with E-state index in [2.05, 4.69) is 6.07 Å². The van der Waals surface area contributed by atoms with Crippen LogP contribution in [0.25, 0.3) is 0 Å². The number of para-hydroxylation sites is 1. The topological polar surface area (TPSA) is 40.6 Å². The van der Waals surface area contributed by atoms with Crippen molar-refractivity contribution in [3.05, 3.63) is 65.2 Å². The van der Waals surface area contributed by atoms with Crippen LogP contribution < -0.4 is 4.90 Å². The van der Waals surface area contributed by atoms with E-state index in [0.29, 0.717) is 24.8 Å². The van der Waals surface area contributed by atoms with Crippen molar-refractivity contribution < 1.29 is 9.59 Å². The SMILES string of the molecule is O=C(C1CC(=O)N(c2ccccc2)C1)N1CCSC(c2ccccc2Cl)CC1. The van der Waals surface area contributed by atoms with Gasteiger partial charge in [0.1, 0.15) is 0 Å².